The predicted molar refractivity (Wildman–Crippen MR) is 108 cm³/mol. The van der Waals surface area contributed by atoms with Gasteiger partial charge >= 0.3 is 6.18 Å². The van der Waals surface area contributed by atoms with Crippen molar-refractivity contribution < 1.29 is 18.0 Å². The van der Waals surface area contributed by atoms with Crippen LogP contribution in [0.5, 0.6) is 0 Å². The molecule has 9 heteroatoms. The third kappa shape index (κ3) is 4.74. The Morgan fingerprint density at radius 2 is 1.87 bits per heavy atom. The van der Waals surface area contributed by atoms with Crippen molar-refractivity contribution in [2.75, 3.05) is 0 Å². The van der Waals surface area contributed by atoms with Gasteiger partial charge in [-0.25, -0.2) is 0 Å². The molecule has 0 N–H and O–H groups in total. The highest BCUT2D eigenvalue weighted by Crippen LogP contribution is 2.39. The van der Waals surface area contributed by atoms with Crippen LogP contribution in [0.3, 0.4) is 0 Å². The minimum Gasteiger partial charge on any atom is -0.318 e. The van der Waals surface area contributed by atoms with Gasteiger partial charge in [-0.1, -0.05) is 29.3 Å². The Balaban J connectivity index is 2.11. The van der Waals surface area contributed by atoms with E-state index in [2.05, 4.69) is 4.98 Å². The zero-order valence-corrected chi connectivity index (χ0v) is 17.1. The van der Waals surface area contributed by atoms with Crippen LogP contribution in [0.1, 0.15) is 39.5 Å². The van der Waals surface area contributed by atoms with Crippen molar-refractivity contribution in [3.05, 3.63) is 97.6 Å². The summed E-state index contributed by atoms with van der Waals surface area (Å²) in [6.07, 6.45) is -2.38. The second-order valence-corrected chi connectivity index (χ2v) is 7.47. The van der Waals surface area contributed by atoms with Gasteiger partial charge in [-0.15, -0.1) is 0 Å². The molecule has 3 aromatic rings. The SMILES string of the molecule is Cn1cc(C(=O)C[C@@H](c2ccc(Cl)c(Cl)c2)c2ncccc2C(F)(F)F)ccc1=O. The fraction of sp³-hybridized carbons (Fsp3) is 0.190. The fourth-order valence-corrected chi connectivity index (χ4v) is 3.41. The Morgan fingerprint density at radius 3 is 2.50 bits per heavy atom. The second-order valence-electron chi connectivity index (χ2n) is 6.65. The van der Waals surface area contributed by atoms with Crippen LogP contribution in [0.4, 0.5) is 13.2 Å². The van der Waals surface area contributed by atoms with Crippen LogP contribution in [0, 0.1) is 0 Å². The van der Waals surface area contributed by atoms with Crippen molar-refractivity contribution in [1.29, 1.82) is 0 Å². The van der Waals surface area contributed by atoms with E-state index in [1.54, 1.807) is 0 Å². The Morgan fingerprint density at radius 1 is 1.13 bits per heavy atom. The van der Waals surface area contributed by atoms with E-state index in [-0.39, 0.29) is 33.3 Å². The molecule has 3 rings (SSSR count). The number of alkyl halides is 3. The number of ketones is 1. The number of benzene rings is 1. The lowest BCUT2D eigenvalue weighted by molar-refractivity contribution is -0.138. The van der Waals surface area contributed by atoms with Crippen LogP contribution in [0.2, 0.25) is 10.0 Å². The largest absolute Gasteiger partial charge is 0.418 e. The van der Waals surface area contributed by atoms with Gasteiger partial charge in [0.25, 0.3) is 0 Å². The van der Waals surface area contributed by atoms with Gasteiger partial charge in [0.2, 0.25) is 5.56 Å². The summed E-state index contributed by atoms with van der Waals surface area (Å²) in [6, 6.07) is 9.08. The summed E-state index contributed by atoms with van der Waals surface area (Å²) in [5, 5.41) is 0.388. The molecule has 2 heterocycles. The van der Waals surface area contributed by atoms with E-state index in [4.69, 9.17) is 23.2 Å². The summed E-state index contributed by atoms with van der Waals surface area (Å²) < 4.78 is 42.1. The molecule has 2 aromatic heterocycles. The number of halogens is 5. The number of nitrogens with zero attached hydrogens (tertiary/aromatic N) is 2. The predicted octanol–water partition coefficient (Wildman–Crippen LogP) is 5.51. The topological polar surface area (TPSA) is 52.0 Å². The third-order valence-corrected chi connectivity index (χ3v) is 5.36. The van der Waals surface area contributed by atoms with Gasteiger partial charge in [-0.05, 0) is 35.9 Å². The fourth-order valence-electron chi connectivity index (χ4n) is 3.10. The quantitative estimate of drug-likeness (QED) is 0.477. The van der Waals surface area contributed by atoms with Gasteiger partial charge in [0.15, 0.2) is 5.78 Å². The van der Waals surface area contributed by atoms with Crippen LogP contribution >= 0.6 is 23.2 Å². The molecule has 0 aliphatic heterocycles. The van der Waals surface area contributed by atoms with E-state index in [0.717, 1.165) is 6.07 Å². The van der Waals surface area contributed by atoms with E-state index in [0.29, 0.717) is 5.56 Å². The molecule has 0 radical (unpaired) electrons. The maximum absolute atomic E-state index is 13.6. The Kier molecular flexibility index (Phi) is 6.33. The molecule has 0 aliphatic rings. The van der Waals surface area contributed by atoms with Gasteiger partial charge in [-0.2, -0.15) is 13.2 Å². The summed E-state index contributed by atoms with van der Waals surface area (Å²) >= 11 is 12.0. The highest BCUT2D eigenvalue weighted by molar-refractivity contribution is 6.42. The van der Waals surface area contributed by atoms with E-state index in [1.807, 2.05) is 0 Å². The molecule has 0 saturated carbocycles. The second kappa shape index (κ2) is 8.62. The molecular weight excluding hydrogens is 440 g/mol. The number of hydrogen-bond donors (Lipinski definition) is 0. The van der Waals surface area contributed by atoms with E-state index in [9.17, 15) is 22.8 Å². The summed E-state index contributed by atoms with van der Waals surface area (Å²) in [5.41, 5.74) is -0.967. The number of Topliss-reactive ketones (excluding diaryl/α,β-unsaturated/α-hetero) is 1. The molecular formula is C21H15Cl2F3N2O2. The average molecular weight is 455 g/mol. The Bertz CT molecular complexity index is 1160. The van der Waals surface area contributed by atoms with Crippen LogP contribution in [-0.4, -0.2) is 15.3 Å². The molecule has 0 aliphatic carbocycles. The first kappa shape index (κ1) is 22.1. The van der Waals surface area contributed by atoms with Crippen LogP contribution < -0.4 is 5.56 Å². The molecule has 0 spiro atoms. The number of carbonyl (C=O) groups is 1. The number of aryl methyl sites for hydroxylation is 1. The van der Waals surface area contributed by atoms with E-state index < -0.39 is 23.4 Å². The minimum absolute atomic E-state index is 0.151. The Hall–Kier alpha value is -2.64. The van der Waals surface area contributed by atoms with Crippen molar-refractivity contribution in [2.24, 2.45) is 7.05 Å². The first-order chi connectivity index (χ1) is 14.1. The molecule has 4 nitrogen and oxygen atoms in total. The lowest BCUT2D eigenvalue weighted by Gasteiger charge is -2.21. The zero-order valence-electron chi connectivity index (χ0n) is 15.6. The van der Waals surface area contributed by atoms with Crippen molar-refractivity contribution in [3.63, 3.8) is 0 Å². The monoisotopic (exact) mass is 454 g/mol. The number of carbonyl (C=O) groups excluding carboxylic acids is 1. The summed E-state index contributed by atoms with van der Waals surface area (Å²) in [6.45, 7) is 0. The van der Waals surface area contributed by atoms with Crippen molar-refractivity contribution in [3.8, 4) is 0 Å². The number of aromatic nitrogens is 2. The van der Waals surface area contributed by atoms with Gasteiger partial charge in [0, 0.05) is 43.4 Å². The molecule has 1 aromatic carbocycles. The van der Waals surface area contributed by atoms with Gasteiger partial charge in [0.1, 0.15) is 0 Å². The molecule has 30 heavy (non-hydrogen) atoms. The number of pyridine rings is 2. The highest BCUT2D eigenvalue weighted by atomic mass is 35.5. The van der Waals surface area contributed by atoms with Gasteiger partial charge in [-0.3, -0.25) is 14.6 Å². The van der Waals surface area contributed by atoms with Crippen molar-refractivity contribution in [1.82, 2.24) is 9.55 Å². The van der Waals surface area contributed by atoms with E-state index in [1.165, 1.54) is 60.4 Å². The molecule has 0 fully saturated rings. The van der Waals surface area contributed by atoms with Crippen LogP contribution in [0.25, 0.3) is 0 Å². The maximum atomic E-state index is 13.6. The standard InChI is InChI=1S/C21H15Cl2F3N2O2/c1-28-11-13(5-7-19(28)30)18(29)10-14(12-4-6-16(22)17(23)9-12)20-15(21(24,25)26)3-2-8-27-20/h2-9,11,14H,10H2,1H3/t14-/m0/s1. The van der Waals surface area contributed by atoms with Gasteiger partial charge < -0.3 is 4.57 Å². The van der Waals surface area contributed by atoms with Crippen molar-refractivity contribution in [2.45, 2.75) is 18.5 Å². The molecule has 1 atom stereocenters. The van der Waals surface area contributed by atoms with Crippen LogP contribution in [0.15, 0.2) is 59.7 Å². The van der Waals surface area contributed by atoms with Crippen LogP contribution in [-0.2, 0) is 13.2 Å². The lowest BCUT2D eigenvalue weighted by atomic mass is 9.86. The summed E-state index contributed by atoms with van der Waals surface area (Å²) in [7, 11) is 1.48. The lowest BCUT2D eigenvalue weighted by Crippen LogP contribution is -2.19. The Labute approximate surface area is 179 Å². The highest BCUT2D eigenvalue weighted by Gasteiger charge is 2.37. The average Bonchev–Trinajstić information content (AvgIpc) is 2.69. The smallest absolute Gasteiger partial charge is 0.318 e. The molecule has 156 valence electrons. The first-order valence-corrected chi connectivity index (χ1v) is 9.50. The molecule has 0 bridgehead atoms. The number of rotatable bonds is 5. The zero-order chi connectivity index (χ0) is 22.1. The molecule has 0 saturated heterocycles. The first-order valence-electron chi connectivity index (χ1n) is 8.75. The minimum atomic E-state index is -4.66. The van der Waals surface area contributed by atoms with Crippen molar-refractivity contribution >= 4 is 29.0 Å². The summed E-state index contributed by atoms with van der Waals surface area (Å²) in [4.78, 5) is 28.4. The molecule has 0 amide bonds. The van der Waals surface area contributed by atoms with E-state index >= 15 is 0 Å². The summed E-state index contributed by atoms with van der Waals surface area (Å²) in [5.74, 6) is -1.47. The molecule has 0 unspecified atom stereocenters. The third-order valence-electron chi connectivity index (χ3n) is 4.62. The number of hydrogen-bond acceptors (Lipinski definition) is 3. The maximum Gasteiger partial charge on any atom is 0.418 e. The normalized spacial score (nSPS) is 12.6. The van der Waals surface area contributed by atoms with Gasteiger partial charge in [0.05, 0.1) is 21.3 Å².